The second kappa shape index (κ2) is 8.02. The Kier molecular flexibility index (Phi) is 5.34. The highest BCUT2D eigenvalue weighted by atomic mass is 35.5. The normalized spacial score (nSPS) is 16.2. The lowest BCUT2D eigenvalue weighted by Gasteiger charge is -2.23. The lowest BCUT2D eigenvalue weighted by molar-refractivity contribution is 0.0733. The Hall–Kier alpha value is -2.25. The van der Waals surface area contributed by atoms with Crippen molar-refractivity contribution in [3.63, 3.8) is 0 Å². The van der Waals surface area contributed by atoms with E-state index >= 15 is 0 Å². The topological polar surface area (TPSA) is 55.2 Å². The minimum atomic E-state index is -0.414. The van der Waals surface area contributed by atoms with Crippen LogP contribution in [0.1, 0.15) is 58.7 Å². The van der Waals surface area contributed by atoms with Crippen molar-refractivity contribution >= 4 is 39.1 Å². The molecule has 0 radical (unpaired) electrons. The molecule has 5 rings (SSSR count). The van der Waals surface area contributed by atoms with Crippen molar-refractivity contribution in [1.82, 2.24) is 14.5 Å². The van der Waals surface area contributed by atoms with Crippen molar-refractivity contribution in [2.24, 2.45) is 0 Å². The van der Waals surface area contributed by atoms with Gasteiger partial charge in [0.1, 0.15) is 16.5 Å². The van der Waals surface area contributed by atoms with E-state index in [1.54, 1.807) is 21.6 Å². The molecular weight excluding hydrogens is 437 g/mol. The first-order valence-corrected chi connectivity index (χ1v) is 11.9. The minimum absolute atomic E-state index is 0.0511. The fourth-order valence-electron chi connectivity index (χ4n) is 4.35. The third kappa shape index (κ3) is 3.68. The van der Waals surface area contributed by atoms with E-state index < -0.39 is 5.82 Å². The maximum atomic E-state index is 14.4. The summed E-state index contributed by atoms with van der Waals surface area (Å²) < 4.78 is 16.2. The molecule has 31 heavy (non-hydrogen) atoms. The van der Waals surface area contributed by atoms with Crippen LogP contribution in [0, 0.1) is 12.7 Å². The van der Waals surface area contributed by atoms with Gasteiger partial charge in [-0.1, -0.05) is 24.1 Å². The van der Waals surface area contributed by atoms with Gasteiger partial charge < -0.3 is 4.90 Å². The van der Waals surface area contributed by atoms with Crippen molar-refractivity contribution in [1.29, 1.82) is 0 Å². The largest absolute Gasteiger partial charge is 0.330 e. The van der Waals surface area contributed by atoms with Gasteiger partial charge in [0.2, 0.25) is 0 Å². The van der Waals surface area contributed by atoms with Crippen LogP contribution in [-0.2, 0) is 19.5 Å². The monoisotopic (exact) mass is 459 g/mol. The Morgan fingerprint density at radius 2 is 2.13 bits per heavy atom. The van der Waals surface area contributed by atoms with Gasteiger partial charge in [-0.05, 0) is 50.3 Å². The van der Waals surface area contributed by atoms with Gasteiger partial charge in [-0.25, -0.2) is 9.37 Å². The number of benzene rings is 1. The van der Waals surface area contributed by atoms with Gasteiger partial charge in [-0.3, -0.25) is 14.2 Å². The van der Waals surface area contributed by atoms with Crippen LogP contribution in [0.25, 0.3) is 10.2 Å². The molecule has 0 bridgehead atoms. The summed E-state index contributed by atoms with van der Waals surface area (Å²) in [6.07, 6.45) is 5.63. The van der Waals surface area contributed by atoms with Crippen molar-refractivity contribution in [2.75, 3.05) is 0 Å². The molecule has 2 aromatic heterocycles. The third-order valence-corrected chi connectivity index (χ3v) is 7.77. The van der Waals surface area contributed by atoms with Gasteiger partial charge in [-0.2, -0.15) is 0 Å². The van der Waals surface area contributed by atoms with E-state index in [2.05, 4.69) is 0 Å². The van der Waals surface area contributed by atoms with Crippen LogP contribution in [0.2, 0.25) is 5.02 Å². The molecule has 0 saturated heterocycles. The Morgan fingerprint density at radius 3 is 2.87 bits per heavy atom. The maximum absolute atomic E-state index is 14.4. The summed E-state index contributed by atoms with van der Waals surface area (Å²) in [4.78, 5) is 34.4. The van der Waals surface area contributed by atoms with E-state index in [0.29, 0.717) is 37.8 Å². The number of hydrogen-bond acceptors (Lipinski definition) is 4. The molecule has 0 unspecified atom stereocenters. The summed E-state index contributed by atoms with van der Waals surface area (Å²) in [5, 5.41) is 0.855. The number of halogens is 2. The van der Waals surface area contributed by atoms with Crippen LogP contribution in [0.15, 0.2) is 23.0 Å². The fraction of sp³-hybridized carbons (Fsp3) is 0.435. The number of carbonyl (C=O) groups excluding carboxylic acids is 1. The van der Waals surface area contributed by atoms with E-state index in [0.717, 1.165) is 44.3 Å². The molecule has 1 amide bonds. The van der Waals surface area contributed by atoms with Crippen molar-refractivity contribution in [2.45, 2.75) is 64.6 Å². The van der Waals surface area contributed by atoms with E-state index in [-0.39, 0.29) is 24.1 Å². The number of rotatable bonds is 4. The Bertz CT molecular complexity index is 1230. The lowest BCUT2D eigenvalue weighted by atomic mass is 10.1. The predicted octanol–water partition coefficient (Wildman–Crippen LogP) is 5.09. The minimum Gasteiger partial charge on any atom is -0.330 e. The summed E-state index contributed by atoms with van der Waals surface area (Å²) in [7, 11) is 0. The van der Waals surface area contributed by atoms with Crippen molar-refractivity contribution in [3.8, 4) is 0 Å². The molecule has 1 saturated carbocycles. The maximum Gasteiger partial charge on any atom is 0.264 e. The summed E-state index contributed by atoms with van der Waals surface area (Å²) in [5.41, 5.74) is 0.949. The zero-order valence-corrected chi connectivity index (χ0v) is 18.9. The van der Waals surface area contributed by atoms with E-state index in [1.807, 2.05) is 6.92 Å². The second-order valence-electron chi connectivity index (χ2n) is 8.40. The van der Waals surface area contributed by atoms with Crippen molar-refractivity contribution < 1.29 is 9.18 Å². The molecule has 1 fully saturated rings. The summed E-state index contributed by atoms with van der Waals surface area (Å²) >= 11 is 7.50. The predicted molar refractivity (Wildman–Crippen MR) is 120 cm³/mol. The SMILES string of the molecule is Cc1c(C(=O)N(Cc2c(F)cccc2Cl)C2CC2)sc2nc3n(c(=O)c12)CCCCC3. The molecule has 3 aromatic rings. The molecule has 8 heteroatoms. The highest BCUT2D eigenvalue weighted by molar-refractivity contribution is 7.20. The molecule has 1 aliphatic heterocycles. The van der Waals surface area contributed by atoms with E-state index in [1.165, 1.54) is 17.4 Å². The molecule has 0 N–H and O–H groups in total. The Morgan fingerprint density at radius 1 is 1.32 bits per heavy atom. The number of thiophene rings is 1. The number of fused-ring (bicyclic) bond motifs is 2. The molecule has 2 aliphatic rings. The van der Waals surface area contributed by atoms with Crippen LogP contribution in [0.3, 0.4) is 0 Å². The quantitative estimate of drug-likeness (QED) is 0.546. The van der Waals surface area contributed by atoms with Gasteiger partial charge in [0, 0.05) is 29.6 Å². The second-order valence-corrected chi connectivity index (χ2v) is 9.80. The zero-order chi connectivity index (χ0) is 21.7. The van der Waals surface area contributed by atoms with Crippen LogP contribution in [0.4, 0.5) is 4.39 Å². The van der Waals surface area contributed by atoms with Crippen molar-refractivity contribution in [3.05, 3.63) is 61.2 Å². The van der Waals surface area contributed by atoms with Crippen LogP contribution in [0.5, 0.6) is 0 Å². The van der Waals surface area contributed by atoms with Gasteiger partial charge in [0.05, 0.1) is 16.8 Å². The fourth-order valence-corrected chi connectivity index (χ4v) is 5.72. The van der Waals surface area contributed by atoms with Gasteiger partial charge in [0.25, 0.3) is 11.5 Å². The van der Waals surface area contributed by atoms with Crippen LogP contribution >= 0.6 is 22.9 Å². The van der Waals surface area contributed by atoms with Gasteiger partial charge in [-0.15, -0.1) is 11.3 Å². The highest BCUT2D eigenvalue weighted by Crippen LogP contribution is 2.35. The first-order chi connectivity index (χ1) is 15.0. The average molecular weight is 460 g/mol. The van der Waals surface area contributed by atoms with Crippen LogP contribution in [-0.4, -0.2) is 26.4 Å². The number of aromatic nitrogens is 2. The number of carbonyl (C=O) groups is 1. The molecule has 162 valence electrons. The van der Waals surface area contributed by atoms with Gasteiger partial charge >= 0.3 is 0 Å². The number of aryl methyl sites for hydroxylation is 2. The third-order valence-electron chi connectivity index (χ3n) is 6.24. The standard InChI is InChI=1S/C23H23ClFN3O2S/c1-13-19-21(26-18-8-3-2-4-11-27(18)22(19)29)31-20(13)23(30)28(14-9-10-14)12-15-16(24)6-5-7-17(15)25/h5-7,14H,2-4,8-12H2,1H3. The summed E-state index contributed by atoms with van der Waals surface area (Å²) in [5.74, 6) is 0.219. The molecule has 1 aliphatic carbocycles. The molecule has 1 aromatic carbocycles. The first kappa shape index (κ1) is 20.6. The van der Waals surface area contributed by atoms with E-state index in [9.17, 15) is 14.0 Å². The molecule has 0 spiro atoms. The molecular formula is C23H23ClFN3O2S. The molecule has 0 atom stereocenters. The summed E-state index contributed by atoms with van der Waals surface area (Å²) in [6, 6.07) is 4.62. The molecule has 5 nitrogen and oxygen atoms in total. The summed E-state index contributed by atoms with van der Waals surface area (Å²) in [6.45, 7) is 2.61. The number of nitrogens with zero attached hydrogens (tertiary/aromatic N) is 3. The highest BCUT2D eigenvalue weighted by Gasteiger charge is 2.36. The zero-order valence-electron chi connectivity index (χ0n) is 17.3. The number of amides is 1. The average Bonchev–Trinajstić information content (AvgIpc) is 3.54. The lowest BCUT2D eigenvalue weighted by Crippen LogP contribution is -2.33. The van der Waals surface area contributed by atoms with Gasteiger partial charge in [0.15, 0.2) is 0 Å². The van der Waals surface area contributed by atoms with Crippen LogP contribution < -0.4 is 5.56 Å². The van der Waals surface area contributed by atoms with E-state index in [4.69, 9.17) is 16.6 Å². The smallest absolute Gasteiger partial charge is 0.264 e. The molecule has 3 heterocycles. The number of hydrogen-bond donors (Lipinski definition) is 0. The Balaban J connectivity index is 1.56. The first-order valence-electron chi connectivity index (χ1n) is 10.7. The Labute approximate surface area is 188 Å².